The molecular formula is C17H19ClN2. The Balaban J connectivity index is 1.87. The largest absolute Gasteiger partial charge is 0.304 e. The average molecular weight is 287 g/mol. The highest BCUT2D eigenvalue weighted by molar-refractivity contribution is 6.30. The monoisotopic (exact) mass is 286 g/mol. The first-order valence-electron chi connectivity index (χ1n) is 6.99. The van der Waals surface area contributed by atoms with Gasteiger partial charge in [0.05, 0.1) is 0 Å². The van der Waals surface area contributed by atoms with Crippen LogP contribution in [0.4, 0.5) is 0 Å². The molecule has 1 saturated heterocycles. The van der Waals surface area contributed by atoms with E-state index in [1.165, 1.54) is 11.1 Å². The molecule has 2 heterocycles. The number of halogens is 1. The molecule has 0 bridgehead atoms. The maximum Gasteiger partial charge on any atom is 0.0406 e. The molecule has 20 heavy (non-hydrogen) atoms. The molecule has 1 aromatic carbocycles. The first kappa shape index (κ1) is 13.6. The minimum atomic E-state index is 0.0751. The van der Waals surface area contributed by atoms with Gasteiger partial charge in [0.25, 0.3) is 0 Å². The zero-order valence-corrected chi connectivity index (χ0v) is 12.6. The van der Waals surface area contributed by atoms with E-state index in [9.17, 15) is 0 Å². The summed E-state index contributed by atoms with van der Waals surface area (Å²) >= 11 is 5.97. The van der Waals surface area contributed by atoms with Gasteiger partial charge in [-0.25, -0.2) is 0 Å². The van der Waals surface area contributed by atoms with E-state index >= 15 is 0 Å². The maximum atomic E-state index is 5.97. The molecule has 0 unspecified atom stereocenters. The SMILES string of the molecule is CC1(C)N[C@@H](c2ccc(Cl)cc2)C[C@H]1c1ccncc1. The van der Waals surface area contributed by atoms with Crippen LogP contribution < -0.4 is 5.32 Å². The number of nitrogens with zero attached hydrogens (tertiary/aromatic N) is 1. The lowest BCUT2D eigenvalue weighted by Crippen LogP contribution is -2.37. The van der Waals surface area contributed by atoms with Crippen LogP contribution >= 0.6 is 11.6 Å². The number of pyridine rings is 1. The number of nitrogens with one attached hydrogen (secondary N) is 1. The third-order valence-corrected chi connectivity index (χ3v) is 4.52. The molecular weight excluding hydrogens is 268 g/mol. The second kappa shape index (κ2) is 5.19. The Kier molecular flexibility index (Phi) is 3.53. The Bertz CT molecular complexity index is 578. The lowest BCUT2D eigenvalue weighted by atomic mass is 9.83. The van der Waals surface area contributed by atoms with Gasteiger partial charge >= 0.3 is 0 Å². The van der Waals surface area contributed by atoms with E-state index in [1.54, 1.807) is 0 Å². The minimum Gasteiger partial charge on any atom is -0.304 e. The number of hydrogen-bond acceptors (Lipinski definition) is 2. The summed E-state index contributed by atoms with van der Waals surface area (Å²) in [5.74, 6) is 0.492. The molecule has 0 aliphatic carbocycles. The fourth-order valence-electron chi connectivity index (χ4n) is 3.20. The quantitative estimate of drug-likeness (QED) is 0.889. The van der Waals surface area contributed by atoms with Gasteiger partial charge in [-0.3, -0.25) is 4.98 Å². The Morgan fingerprint density at radius 3 is 2.35 bits per heavy atom. The maximum absolute atomic E-state index is 5.97. The number of rotatable bonds is 2. The van der Waals surface area contributed by atoms with Gasteiger partial charge in [0.15, 0.2) is 0 Å². The smallest absolute Gasteiger partial charge is 0.0406 e. The zero-order chi connectivity index (χ0) is 14.2. The molecule has 104 valence electrons. The van der Waals surface area contributed by atoms with Crippen molar-refractivity contribution in [2.45, 2.75) is 37.8 Å². The Labute approximate surface area is 125 Å². The summed E-state index contributed by atoms with van der Waals surface area (Å²) < 4.78 is 0. The van der Waals surface area contributed by atoms with E-state index in [2.05, 4.69) is 48.4 Å². The molecule has 2 aromatic rings. The molecule has 0 radical (unpaired) electrons. The molecule has 1 aliphatic rings. The van der Waals surface area contributed by atoms with E-state index in [-0.39, 0.29) is 5.54 Å². The first-order valence-corrected chi connectivity index (χ1v) is 7.37. The molecule has 1 N–H and O–H groups in total. The van der Waals surface area contributed by atoms with Crippen LogP contribution in [0.2, 0.25) is 5.02 Å². The van der Waals surface area contributed by atoms with E-state index < -0.39 is 0 Å². The summed E-state index contributed by atoms with van der Waals surface area (Å²) in [5.41, 5.74) is 2.74. The summed E-state index contributed by atoms with van der Waals surface area (Å²) in [6, 6.07) is 12.8. The minimum absolute atomic E-state index is 0.0751. The van der Waals surface area contributed by atoms with Crippen molar-refractivity contribution in [3.8, 4) is 0 Å². The van der Waals surface area contributed by atoms with Gasteiger partial charge in [0.2, 0.25) is 0 Å². The lowest BCUT2D eigenvalue weighted by molar-refractivity contribution is 0.397. The van der Waals surface area contributed by atoms with Crippen LogP contribution in [-0.4, -0.2) is 10.5 Å². The van der Waals surface area contributed by atoms with E-state index in [4.69, 9.17) is 11.6 Å². The van der Waals surface area contributed by atoms with Crippen LogP contribution in [0.25, 0.3) is 0 Å². The van der Waals surface area contributed by atoms with Gasteiger partial charge < -0.3 is 5.32 Å². The molecule has 1 aromatic heterocycles. The van der Waals surface area contributed by atoms with Gasteiger partial charge in [-0.05, 0) is 55.7 Å². The van der Waals surface area contributed by atoms with Gasteiger partial charge in [-0.2, -0.15) is 0 Å². The first-order chi connectivity index (χ1) is 9.56. The number of aromatic nitrogens is 1. The second-order valence-corrected chi connectivity index (χ2v) is 6.48. The molecule has 1 aliphatic heterocycles. The third kappa shape index (κ3) is 2.58. The van der Waals surface area contributed by atoms with Crippen LogP contribution in [0.15, 0.2) is 48.8 Å². The zero-order valence-electron chi connectivity index (χ0n) is 11.8. The summed E-state index contributed by atoms with van der Waals surface area (Å²) in [4.78, 5) is 4.12. The van der Waals surface area contributed by atoms with Crippen molar-refractivity contribution >= 4 is 11.6 Å². The summed E-state index contributed by atoms with van der Waals surface area (Å²) in [5, 5.41) is 4.54. The van der Waals surface area contributed by atoms with Crippen molar-refractivity contribution in [1.29, 1.82) is 0 Å². The van der Waals surface area contributed by atoms with Crippen LogP contribution in [-0.2, 0) is 0 Å². The van der Waals surface area contributed by atoms with Crippen molar-refractivity contribution in [3.05, 3.63) is 64.9 Å². The van der Waals surface area contributed by atoms with Crippen molar-refractivity contribution in [3.63, 3.8) is 0 Å². The molecule has 2 nitrogen and oxygen atoms in total. The standard InChI is InChI=1S/C17H19ClN2/c1-17(2)15(12-7-9-19-10-8-12)11-16(20-17)13-3-5-14(18)6-4-13/h3-10,15-16,20H,11H2,1-2H3/t15-,16+/m0/s1. The number of benzene rings is 1. The molecule has 3 rings (SSSR count). The molecule has 2 atom stereocenters. The summed E-state index contributed by atoms with van der Waals surface area (Å²) in [7, 11) is 0. The fourth-order valence-corrected chi connectivity index (χ4v) is 3.33. The second-order valence-electron chi connectivity index (χ2n) is 6.04. The van der Waals surface area contributed by atoms with Gasteiger partial charge in [-0.1, -0.05) is 23.7 Å². The van der Waals surface area contributed by atoms with Gasteiger partial charge in [0, 0.05) is 34.9 Å². The van der Waals surface area contributed by atoms with E-state index in [0.29, 0.717) is 12.0 Å². The van der Waals surface area contributed by atoms with Crippen LogP contribution in [0.3, 0.4) is 0 Å². The van der Waals surface area contributed by atoms with Gasteiger partial charge in [-0.15, -0.1) is 0 Å². The molecule has 0 amide bonds. The van der Waals surface area contributed by atoms with Crippen molar-refractivity contribution in [2.24, 2.45) is 0 Å². The van der Waals surface area contributed by atoms with Gasteiger partial charge in [0.1, 0.15) is 0 Å². The highest BCUT2D eigenvalue weighted by atomic mass is 35.5. The summed E-state index contributed by atoms with van der Waals surface area (Å²) in [6.07, 6.45) is 4.85. The van der Waals surface area contributed by atoms with Crippen molar-refractivity contribution < 1.29 is 0 Å². The fraction of sp³-hybridized carbons (Fsp3) is 0.353. The predicted molar refractivity (Wildman–Crippen MR) is 83.0 cm³/mol. The Morgan fingerprint density at radius 1 is 1.05 bits per heavy atom. The lowest BCUT2D eigenvalue weighted by Gasteiger charge is -2.27. The van der Waals surface area contributed by atoms with E-state index in [1.807, 2.05) is 24.5 Å². The Hall–Kier alpha value is -1.38. The molecule has 3 heteroatoms. The van der Waals surface area contributed by atoms with Crippen molar-refractivity contribution in [2.75, 3.05) is 0 Å². The van der Waals surface area contributed by atoms with Crippen LogP contribution in [0, 0.1) is 0 Å². The Morgan fingerprint density at radius 2 is 1.70 bits per heavy atom. The predicted octanol–water partition coefficient (Wildman–Crippen LogP) is 4.33. The topological polar surface area (TPSA) is 24.9 Å². The average Bonchev–Trinajstić information content (AvgIpc) is 2.76. The highest BCUT2D eigenvalue weighted by Crippen LogP contribution is 2.43. The normalized spacial score (nSPS) is 24.8. The molecule has 1 fully saturated rings. The highest BCUT2D eigenvalue weighted by Gasteiger charge is 2.40. The van der Waals surface area contributed by atoms with E-state index in [0.717, 1.165) is 11.4 Å². The van der Waals surface area contributed by atoms with Crippen molar-refractivity contribution in [1.82, 2.24) is 10.3 Å². The number of hydrogen-bond donors (Lipinski definition) is 1. The summed E-state index contributed by atoms with van der Waals surface area (Å²) in [6.45, 7) is 4.54. The molecule has 0 spiro atoms. The van der Waals surface area contributed by atoms with Crippen LogP contribution in [0.1, 0.15) is 43.4 Å². The van der Waals surface area contributed by atoms with Crippen LogP contribution in [0.5, 0.6) is 0 Å². The molecule has 0 saturated carbocycles. The third-order valence-electron chi connectivity index (χ3n) is 4.27.